The minimum absolute atomic E-state index is 0. The number of halogens is 1. The molecule has 2 unspecified atom stereocenters. The Bertz CT molecular complexity index is 704. The highest BCUT2D eigenvalue weighted by atomic mass is 127. The molecule has 1 aliphatic heterocycles. The van der Waals surface area contributed by atoms with Gasteiger partial charge in [-0.1, -0.05) is 12.1 Å². The predicted molar refractivity (Wildman–Crippen MR) is 130 cm³/mol. The molecule has 0 spiro atoms. The van der Waals surface area contributed by atoms with E-state index in [4.69, 9.17) is 4.99 Å². The number of guanidine groups is 1. The molecular weight excluding hydrogens is 477 g/mol. The average Bonchev–Trinajstić information content (AvgIpc) is 3.44. The fourth-order valence-corrected chi connectivity index (χ4v) is 4.00. The maximum atomic E-state index is 12.1. The number of rotatable bonds is 7. The van der Waals surface area contributed by atoms with Gasteiger partial charge in [0.1, 0.15) is 0 Å². The number of nitrogens with one attached hydrogen (secondary N) is 2. The highest BCUT2D eigenvalue weighted by Gasteiger charge is 2.38. The van der Waals surface area contributed by atoms with Gasteiger partial charge in [-0.2, -0.15) is 0 Å². The molecule has 2 N–H and O–H groups in total. The van der Waals surface area contributed by atoms with E-state index in [1.165, 1.54) is 19.3 Å². The molecule has 2 atom stereocenters. The molecule has 2 fully saturated rings. The van der Waals surface area contributed by atoms with Crippen molar-refractivity contribution in [1.82, 2.24) is 20.4 Å². The maximum Gasteiger partial charge on any atom is 0.253 e. The molecule has 1 heterocycles. The van der Waals surface area contributed by atoms with E-state index in [9.17, 15) is 4.79 Å². The summed E-state index contributed by atoms with van der Waals surface area (Å²) in [6, 6.07) is 9.80. The predicted octanol–water partition coefficient (Wildman–Crippen LogP) is 2.73. The van der Waals surface area contributed by atoms with E-state index in [-0.39, 0.29) is 29.9 Å². The monoisotopic (exact) mass is 513 g/mol. The number of hydrogen-bond donors (Lipinski definition) is 2. The lowest BCUT2D eigenvalue weighted by Gasteiger charge is -2.20. The normalized spacial score (nSPS) is 22.1. The standard InChI is InChI=1S/C22H35N5O.HI/c1-5-23-22(25-19-13-16(2)27(15-19)20-9-10-20)24-12-11-17-7-6-8-18(14-17)21(28)26(3)4;/h6-8,14,16,19-20H,5,9-13,15H2,1-4H3,(H2,23,24,25);1H. The molecule has 1 aromatic rings. The summed E-state index contributed by atoms with van der Waals surface area (Å²) < 4.78 is 0. The Hall–Kier alpha value is -1.35. The summed E-state index contributed by atoms with van der Waals surface area (Å²) in [6.45, 7) is 7.11. The van der Waals surface area contributed by atoms with Crippen LogP contribution in [0.5, 0.6) is 0 Å². The zero-order valence-electron chi connectivity index (χ0n) is 18.1. The van der Waals surface area contributed by atoms with Crippen LogP contribution in [0.4, 0.5) is 0 Å². The third-order valence-corrected chi connectivity index (χ3v) is 5.57. The second-order valence-corrected chi connectivity index (χ2v) is 8.26. The molecule has 3 rings (SSSR count). The van der Waals surface area contributed by atoms with Crippen LogP contribution in [0.2, 0.25) is 0 Å². The van der Waals surface area contributed by atoms with Crippen molar-refractivity contribution >= 4 is 35.8 Å². The Kier molecular flexibility index (Phi) is 9.20. The van der Waals surface area contributed by atoms with Crippen LogP contribution in [0, 0.1) is 0 Å². The topological polar surface area (TPSA) is 60.0 Å². The smallest absolute Gasteiger partial charge is 0.253 e. The number of likely N-dealkylation sites (tertiary alicyclic amines) is 1. The van der Waals surface area contributed by atoms with Crippen molar-refractivity contribution in [3.8, 4) is 0 Å². The molecule has 0 radical (unpaired) electrons. The number of hydrogen-bond acceptors (Lipinski definition) is 3. The van der Waals surface area contributed by atoms with Gasteiger partial charge in [-0.15, -0.1) is 24.0 Å². The van der Waals surface area contributed by atoms with E-state index in [1.54, 1.807) is 19.0 Å². The molecule has 29 heavy (non-hydrogen) atoms. The fourth-order valence-electron chi connectivity index (χ4n) is 4.00. The van der Waals surface area contributed by atoms with E-state index in [0.717, 1.165) is 42.6 Å². The third-order valence-electron chi connectivity index (χ3n) is 5.57. The van der Waals surface area contributed by atoms with Gasteiger partial charge < -0.3 is 15.5 Å². The van der Waals surface area contributed by atoms with Crippen LogP contribution < -0.4 is 10.6 Å². The van der Waals surface area contributed by atoms with Gasteiger partial charge in [0, 0.05) is 57.4 Å². The highest BCUT2D eigenvalue weighted by Crippen LogP contribution is 2.33. The Labute approximate surface area is 192 Å². The van der Waals surface area contributed by atoms with Crippen molar-refractivity contribution < 1.29 is 4.79 Å². The van der Waals surface area contributed by atoms with Crippen LogP contribution in [0.1, 0.15) is 49.0 Å². The average molecular weight is 513 g/mol. The number of amides is 1. The summed E-state index contributed by atoms with van der Waals surface area (Å²) >= 11 is 0. The van der Waals surface area contributed by atoms with Crippen molar-refractivity contribution in [3.05, 3.63) is 35.4 Å². The molecule has 1 aromatic carbocycles. The van der Waals surface area contributed by atoms with E-state index in [2.05, 4.69) is 35.4 Å². The second kappa shape index (κ2) is 11.2. The van der Waals surface area contributed by atoms with Crippen molar-refractivity contribution in [3.63, 3.8) is 0 Å². The summed E-state index contributed by atoms with van der Waals surface area (Å²) in [7, 11) is 3.56. The lowest BCUT2D eigenvalue weighted by Crippen LogP contribution is -2.44. The first-order chi connectivity index (χ1) is 13.5. The molecule has 1 aliphatic carbocycles. The van der Waals surface area contributed by atoms with E-state index in [1.807, 2.05) is 18.2 Å². The molecule has 0 bridgehead atoms. The van der Waals surface area contributed by atoms with Gasteiger partial charge in [0.25, 0.3) is 5.91 Å². The van der Waals surface area contributed by atoms with Gasteiger partial charge >= 0.3 is 0 Å². The third kappa shape index (κ3) is 6.84. The van der Waals surface area contributed by atoms with Crippen LogP contribution in [0.3, 0.4) is 0 Å². The largest absolute Gasteiger partial charge is 0.357 e. The van der Waals surface area contributed by atoms with Crippen LogP contribution in [0.15, 0.2) is 29.3 Å². The second-order valence-electron chi connectivity index (χ2n) is 8.26. The fraction of sp³-hybridized carbons (Fsp3) is 0.636. The quantitative estimate of drug-likeness (QED) is 0.335. The minimum Gasteiger partial charge on any atom is -0.357 e. The Morgan fingerprint density at radius 1 is 1.31 bits per heavy atom. The lowest BCUT2D eigenvalue weighted by molar-refractivity contribution is 0.0827. The van der Waals surface area contributed by atoms with Crippen LogP contribution >= 0.6 is 24.0 Å². The molecule has 1 amide bonds. The number of carbonyl (C=O) groups excluding carboxylic acids is 1. The first kappa shape index (κ1) is 23.9. The summed E-state index contributed by atoms with van der Waals surface area (Å²) in [4.78, 5) is 21.2. The highest BCUT2D eigenvalue weighted by molar-refractivity contribution is 14.0. The van der Waals surface area contributed by atoms with E-state index < -0.39 is 0 Å². The Morgan fingerprint density at radius 3 is 2.72 bits per heavy atom. The van der Waals surface area contributed by atoms with Gasteiger partial charge in [-0.3, -0.25) is 14.7 Å². The van der Waals surface area contributed by atoms with E-state index >= 15 is 0 Å². The van der Waals surface area contributed by atoms with Gasteiger partial charge in [-0.05, 0) is 57.2 Å². The van der Waals surface area contributed by atoms with Crippen molar-refractivity contribution in [2.45, 2.75) is 57.7 Å². The molecule has 2 aliphatic rings. The Morgan fingerprint density at radius 2 is 2.07 bits per heavy atom. The molecule has 6 nitrogen and oxygen atoms in total. The summed E-state index contributed by atoms with van der Waals surface area (Å²) in [6.07, 6.45) is 4.72. The lowest BCUT2D eigenvalue weighted by atomic mass is 10.1. The van der Waals surface area contributed by atoms with Crippen molar-refractivity contribution in [1.29, 1.82) is 0 Å². The molecule has 0 aromatic heterocycles. The van der Waals surface area contributed by atoms with Gasteiger partial charge in [0.2, 0.25) is 0 Å². The van der Waals surface area contributed by atoms with Gasteiger partial charge in [-0.25, -0.2) is 0 Å². The van der Waals surface area contributed by atoms with Crippen molar-refractivity contribution in [2.75, 3.05) is 33.7 Å². The maximum absolute atomic E-state index is 12.1. The minimum atomic E-state index is 0. The molecule has 162 valence electrons. The number of benzene rings is 1. The Balaban J connectivity index is 0.00000300. The zero-order valence-corrected chi connectivity index (χ0v) is 20.5. The number of aliphatic imine (C=N–C) groups is 1. The van der Waals surface area contributed by atoms with Gasteiger partial charge in [0.15, 0.2) is 5.96 Å². The zero-order chi connectivity index (χ0) is 20.1. The van der Waals surface area contributed by atoms with Crippen LogP contribution in [-0.4, -0.2) is 73.5 Å². The van der Waals surface area contributed by atoms with Crippen LogP contribution in [0.25, 0.3) is 0 Å². The summed E-state index contributed by atoms with van der Waals surface area (Å²) in [5.74, 6) is 0.939. The summed E-state index contributed by atoms with van der Waals surface area (Å²) in [5.41, 5.74) is 1.87. The number of carbonyl (C=O) groups is 1. The first-order valence-electron chi connectivity index (χ1n) is 10.6. The SMILES string of the molecule is CCNC(=NCCc1cccc(C(=O)N(C)C)c1)NC1CC(C)N(C2CC2)C1.I. The van der Waals surface area contributed by atoms with Crippen LogP contribution in [-0.2, 0) is 6.42 Å². The number of nitrogens with zero attached hydrogens (tertiary/aromatic N) is 3. The van der Waals surface area contributed by atoms with E-state index in [0.29, 0.717) is 18.6 Å². The molecule has 1 saturated heterocycles. The molecular formula is C22H36IN5O. The molecule has 7 heteroatoms. The first-order valence-corrected chi connectivity index (χ1v) is 10.6. The van der Waals surface area contributed by atoms with Crippen molar-refractivity contribution in [2.24, 2.45) is 4.99 Å². The van der Waals surface area contributed by atoms with Gasteiger partial charge in [0.05, 0.1) is 0 Å². The molecule has 1 saturated carbocycles. The summed E-state index contributed by atoms with van der Waals surface area (Å²) in [5, 5.41) is 7.00.